The molecular weight excluding hydrogens is 224 g/mol. The first kappa shape index (κ1) is 12.5. The summed E-state index contributed by atoms with van der Waals surface area (Å²) < 4.78 is 26.4. The summed E-state index contributed by atoms with van der Waals surface area (Å²) in [6.07, 6.45) is 2.37. The standard InChI is InChI=1S/C13H17F2NO/c1-13(17,8-16-11-3-4-11)7-9-6-10(14)2-5-12(9)15/h2,5-6,11,16-17H,3-4,7-8H2,1H3. The second kappa shape index (κ2) is 4.70. The number of benzene rings is 1. The third-order valence-electron chi connectivity index (χ3n) is 2.93. The number of nitrogens with one attached hydrogen (secondary N) is 1. The fourth-order valence-corrected chi connectivity index (χ4v) is 1.80. The van der Waals surface area contributed by atoms with Crippen molar-refractivity contribution in [1.82, 2.24) is 5.32 Å². The van der Waals surface area contributed by atoms with Gasteiger partial charge in [0.25, 0.3) is 0 Å². The molecule has 17 heavy (non-hydrogen) atoms. The zero-order valence-corrected chi connectivity index (χ0v) is 9.84. The fraction of sp³-hybridized carbons (Fsp3) is 0.538. The average molecular weight is 241 g/mol. The molecule has 0 aliphatic heterocycles. The first-order valence-electron chi connectivity index (χ1n) is 5.86. The average Bonchev–Trinajstić information content (AvgIpc) is 3.04. The van der Waals surface area contributed by atoms with E-state index in [0.29, 0.717) is 12.6 Å². The van der Waals surface area contributed by atoms with Gasteiger partial charge >= 0.3 is 0 Å². The van der Waals surface area contributed by atoms with E-state index in [-0.39, 0.29) is 12.0 Å². The van der Waals surface area contributed by atoms with Crippen molar-refractivity contribution < 1.29 is 13.9 Å². The Morgan fingerprint density at radius 1 is 1.41 bits per heavy atom. The van der Waals surface area contributed by atoms with Crippen molar-refractivity contribution in [2.24, 2.45) is 0 Å². The normalized spacial score (nSPS) is 19.1. The molecule has 1 fully saturated rings. The van der Waals surface area contributed by atoms with E-state index < -0.39 is 17.2 Å². The minimum Gasteiger partial charge on any atom is -0.389 e. The largest absolute Gasteiger partial charge is 0.389 e. The molecule has 0 amide bonds. The highest BCUT2D eigenvalue weighted by molar-refractivity contribution is 5.20. The maximum absolute atomic E-state index is 13.4. The highest BCUT2D eigenvalue weighted by Gasteiger charge is 2.27. The summed E-state index contributed by atoms with van der Waals surface area (Å²) in [5.41, 5.74) is -0.843. The van der Waals surface area contributed by atoms with Gasteiger partial charge in [-0.15, -0.1) is 0 Å². The van der Waals surface area contributed by atoms with Crippen LogP contribution in [0.15, 0.2) is 18.2 Å². The van der Waals surface area contributed by atoms with Gasteiger partial charge in [0.2, 0.25) is 0 Å². The Labute approximate surface area is 99.7 Å². The number of halogens is 2. The van der Waals surface area contributed by atoms with Crippen LogP contribution in [0.25, 0.3) is 0 Å². The minimum atomic E-state index is -1.06. The Bertz CT molecular complexity index is 402. The summed E-state index contributed by atoms with van der Waals surface area (Å²) in [6, 6.07) is 3.80. The SMILES string of the molecule is CC(O)(CNC1CC1)Cc1cc(F)ccc1F. The fourth-order valence-electron chi connectivity index (χ4n) is 1.80. The monoisotopic (exact) mass is 241 g/mol. The Hall–Kier alpha value is -1.00. The summed E-state index contributed by atoms with van der Waals surface area (Å²) in [7, 11) is 0. The molecule has 1 aliphatic carbocycles. The van der Waals surface area contributed by atoms with Crippen molar-refractivity contribution in [2.75, 3.05) is 6.54 Å². The minimum absolute atomic E-state index is 0.107. The van der Waals surface area contributed by atoms with Crippen molar-refractivity contribution in [3.63, 3.8) is 0 Å². The molecule has 0 heterocycles. The number of hydrogen-bond donors (Lipinski definition) is 2. The summed E-state index contributed by atoms with van der Waals surface area (Å²) in [5.74, 6) is -0.953. The van der Waals surface area contributed by atoms with Crippen LogP contribution in [0.3, 0.4) is 0 Å². The van der Waals surface area contributed by atoms with Crippen LogP contribution in [-0.4, -0.2) is 23.3 Å². The lowest BCUT2D eigenvalue weighted by molar-refractivity contribution is 0.0588. The van der Waals surface area contributed by atoms with E-state index in [0.717, 1.165) is 31.0 Å². The van der Waals surface area contributed by atoms with Crippen molar-refractivity contribution in [2.45, 2.75) is 37.8 Å². The number of rotatable bonds is 5. The zero-order valence-electron chi connectivity index (χ0n) is 9.84. The lowest BCUT2D eigenvalue weighted by Gasteiger charge is -2.24. The lowest BCUT2D eigenvalue weighted by atomic mass is 9.96. The van der Waals surface area contributed by atoms with E-state index in [1.165, 1.54) is 0 Å². The number of aliphatic hydroxyl groups is 1. The molecule has 1 saturated carbocycles. The highest BCUT2D eigenvalue weighted by atomic mass is 19.1. The summed E-state index contributed by atoms with van der Waals surface area (Å²) in [6.45, 7) is 2.03. The maximum atomic E-state index is 13.4. The zero-order chi connectivity index (χ0) is 12.5. The first-order chi connectivity index (χ1) is 7.96. The summed E-state index contributed by atoms with van der Waals surface area (Å²) in [4.78, 5) is 0. The Morgan fingerprint density at radius 2 is 2.12 bits per heavy atom. The molecule has 0 spiro atoms. The third-order valence-corrected chi connectivity index (χ3v) is 2.93. The van der Waals surface area contributed by atoms with Gasteiger partial charge < -0.3 is 10.4 Å². The molecule has 2 N–H and O–H groups in total. The maximum Gasteiger partial charge on any atom is 0.126 e. The van der Waals surface area contributed by atoms with E-state index in [9.17, 15) is 13.9 Å². The molecule has 1 unspecified atom stereocenters. The van der Waals surface area contributed by atoms with E-state index >= 15 is 0 Å². The van der Waals surface area contributed by atoms with Crippen molar-refractivity contribution >= 4 is 0 Å². The van der Waals surface area contributed by atoms with Gasteiger partial charge in [0.05, 0.1) is 5.60 Å². The molecule has 1 aromatic rings. The highest BCUT2D eigenvalue weighted by Crippen LogP contribution is 2.21. The second-order valence-corrected chi connectivity index (χ2v) is 5.06. The Morgan fingerprint density at radius 3 is 2.76 bits per heavy atom. The van der Waals surface area contributed by atoms with Gasteiger partial charge in [-0.05, 0) is 43.5 Å². The molecule has 0 radical (unpaired) electrons. The lowest BCUT2D eigenvalue weighted by Crippen LogP contribution is -2.40. The van der Waals surface area contributed by atoms with Gasteiger partial charge in [-0.2, -0.15) is 0 Å². The predicted octanol–water partition coefficient (Wildman–Crippen LogP) is 2.01. The first-order valence-corrected chi connectivity index (χ1v) is 5.86. The molecule has 0 bridgehead atoms. The van der Waals surface area contributed by atoms with E-state index in [4.69, 9.17) is 0 Å². The van der Waals surface area contributed by atoms with Crippen LogP contribution in [-0.2, 0) is 6.42 Å². The Kier molecular flexibility index (Phi) is 3.45. The van der Waals surface area contributed by atoms with Gasteiger partial charge in [0.15, 0.2) is 0 Å². The van der Waals surface area contributed by atoms with Crippen molar-refractivity contribution in [3.8, 4) is 0 Å². The molecule has 94 valence electrons. The van der Waals surface area contributed by atoms with Crippen LogP contribution >= 0.6 is 0 Å². The molecule has 0 saturated heterocycles. The van der Waals surface area contributed by atoms with Crippen LogP contribution in [0.2, 0.25) is 0 Å². The molecule has 1 aromatic carbocycles. The van der Waals surface area contributed by atoms with Gasteiger partial charge in [0, 0.05) is 19.0 Å². The van der Waals surface area contributed by atoms with Crippen LogP contribution in [0.4, 0.5) is 8.78 Å². The molecular formula is C13H17F2NO. The Balaban J connectivity index is 1.99. The van der Waals surface area contributed by atoms with Gasteiger partial charge in [0.1, 0.15) is 11.6 Å². The molecule has 2 nitrogen and oxygen atoms in total. The van der Waals surface area contributed by atoms with E-state index in [1.54, 1.807) is 6.92 Å². The van der Waals surface area contributed by atoms with Crippen LogP contribution in [0, 0.1) is 11.6 Å². The molecule has 2 rings (SSSR count). The number of hydrogen-bond acceptors (Lipinski definition) is 2. The smallest absolute Gasteiger partial charge is 0.126 e. The van der Waals surface area contributed by atoms with Gasteiger partial charge in [-0.25, -0.2) is 8.78 Å². The van der Waals surface area contributed by atoms with Crippen molar-refractivity contribution in [3.05, 3.63) is 35.4 Å². The topological polar surface area (TPSA) is 32.3 Å². The quantitative estimate of drug-likeness (QED) is 0.826. The third kappa shape index (κ3) is 3.75. The predicted molar refractivity (Wildman–Crippen MR) is 61.7 cm³/mol. The van der Waals surface area contributed by atoms with E-state index in [1.807, 2.05) is 0 Å². The van der Waals surface area contributed by atoms with Crippen LogP contribution < -0.4 is 5.32 Å². The van der Waals surface area contributed by atoms with Gasteiger partial charge in [-0.1, -0.05) is 0 Å². The van der Waals surface area contributed by atoms with E-state index in [2.05, 4.69) is 5.32 Å². The van der Waals surface area contributed by atoms with Gasteiger partial charge in [-0.3, -0.25) is 0 Å². The van der Waals surface area contributed by atoms with Crippen LogP contribution in [0.1, 0.15) is 25.3 Å². The molecule has 1 aliphatic rings. The van der Waals surface area contributed by atoms with Crippen molar-refractivity contribution in [1.29, 1.82) is 0 Å². The molecule has 1 atom stereocenters. The van der Waals surface area contributed by atoms with Crippen LogP contribution in [0.5, 0.6) is 0 Å². The molecule has 4 heteroatoms. The molecule has 0 aromatic heterocycles. The summed E-state index contributed by atoms with van der Waals surface area (Å²) >= 11 is 0. The summed E-state index contributed by atoms with van der Waals surface area (Å²) in [5, 5.41) is 13.3. The second-order valence-electron chi connectivity index (χ2n) is 5.06.